The highest BCUT2D eigenvalue weighted by Crippen LogP contribution is 2.30. The molecular formula is C23H31N3O4. The van der Waals surface area contributed by atoms with E-state index in [1.165, 1.54) is 4.68 Å². The van der Waals surface area contributed by atoms with Crippen molar-refractivity contribution in [2.75, 3.05) is 19.7 Å². The maximum absolute atomic E-state index is 13.5. The number of rotatable bonds is 11. The fourth-order valence-electron chi connectivity index (χ4n) is 3.55. The largest absolute Gasteiger partial charge is 0.466 e. The molecule has 0 N–H and O–H groups in total. The van der Waals surface area contributed by atoms with Crippen LogP contribution < -0.4 is 5.56 Å². The van der Waals surface area contributed by atoms with Crippen LogP contribution in [0, 0.1) is 5.92 Å². The first-order chi connectivity index (χ1) is 14.5. The Hall–Kier alpha value is -2.70. The molecule has 7 heteroatoms. The van der Waals surface area contributed by atoms with Crippen molar-refractivity contribution in [2.45, 2.75) is 58.9 Å². The Morgan fingerprint density at radius 1 is 1.17 bits per heavy atom. The second-order valence-electron chi connectivity index (χ2n) is 7.88. The number of nitrogens with zero attached hydrogens (tertiary/aromatic N) is 3. The van der Waals surface area contributed by atoms with Crippen molar-refractivity contribution in [2.24, 2.45) is 5.92 Å². The quantitative estimate of drug-likeness (QED) is 0.417. The second kappa shape index (κ2) is 10.4. The van der Waals surface area contributed by atoms with Crippen molar-refractivity contribution >= 4 is 22.6 Å². The summed E-state index contributed by atoms with van der Waals surface area (Å²) in [5.74, 6) is -0.0713. The van der Waals surface area contributed by atoms with Crippen LogP contribution in [-0.2, 0) is 16.1 Å². The lowest BCUT2D eigenvalue weighted by Crippen LogP contribution is -2.37. The van der Waals surface area contributed by atoms with E-state index in [4.69, 9.17) is 4.74 Å². The van der Waals surface area contributed by atoms with Crippen molar-refractivity contribution in [3.63, 3.8) is 0 Å². The topological polar surface area (TPSA) is 81.5 Å². The summed E-state index contributed by atoms with van der Waals surface area (Å²) in [6, 6.07) is 7.13. The van der Waals surface area contributed by atoms with Gasteiger partial charge in [0.2, 0.25) is 0 Å². The average Bonchev–Trinajstić information content (AvgIpc) is 3.57. The summed E-state index contributed by atoms with van der Waals surface area (Å²) in [5.41, 5.74) is 0.115. The van der Waals surface area contributed by atoms with Gasteiger partial charge < -0.3 is 9.64 Å². The molecule has 1 fully saturated rings. The number of amides is 1. The fraction of sp³-hybridized carbons (Fsp3) is 0.565. The molecule has 1 heterocycles. The molecule has 7 nitrogen and oxygen atoms in total. The summed E-state index contributed by atoms with van der Waals surface area (Å²) in [6.07, 6.45) is 5.21. The zero-order chi connectivity index (χ0) is 21.5. The zero-order valence-corrected chi connectivity index (χ0v) is 17.9. The van der Waals surface area contributed by atoms with E-state index in [0.29, 0.717) is 42.9 Å². The number of hydrogen-bond acceptors (Lipinski definition) is 5. The van der Waals surface area contributed by atoms with Crippen LogP contribution in [0.5, 0.6) is 0 Å². The molecule has 0 spiro atoms. The van der Waals surface area contributed by atoms with Crippen LogP contribution in [0.2, 0.25) is 0 Å². The highest BCUT2D eigenvalue weighted by atomic mass is 16.5. The third-order valence-corrected chi connectivity index (χ3v) is 5.40. The first-order valence-corrected chi connectivity index (χ1v) is 11.0. The number of esters is 1. The number of aryl methyl sites for hydroxylation is 1. The van der Waals surface area contributed by atoms with Gasteiger partial charge in [-0.25, -0.2) is 4.68 Å². The highest BCUT2D eigenvalue weighted by molar-refractivity contribution is 6.04. The number of benzene rings is 1. The lowest BCUT2D eigenvalue weighted by Gasteiger charge is -2.23. The number of ether oxygens (including phenoxy) is 1. The lowest BCUT2D eigenvalue weighted by molar-refractivity contribution is -0.143. The summed E-state index contributed by atoms with van der Waals surface area (Å²) >= 11 is 0. The molecular weight excluding hydrogens is 382 g/mol. The van der Waals surface area contributed by atoms with Gasteiger partial charge in [0.25, 0.3) is 11.5 Å². The van der Waals surface area contributed by atoms with Gasteiger partial charge >= 0.3 is 5.97 Å². The van der Waals surface area contributed by atoms with Crippen molar-refractivity contribution in [3.8, 4) is 0 Å². The molecule has 162 valence electrons. The molecule has 1 aromatic heterocycles. The summed E-state index contributed by atoms with van der Waals surface area (Å²) in [5, 5.41) is 5.55. The van der Waals surface area contributed by atoms with Gasteiger partial charge in [-0.1, -0.05) is 38.0 Å². The van der Waals surface area contributed by atoms with Crippen LogP contribution in [0.25, 0.3) is 10.8 Å². The zero-order valence-electron chi connectivity index (χ0n) is 17.9. The Morgan fingerprint density at radius 2 is 1.90 bits per heavy atom. The third kappa shape index (κ3) is 5.46. The summed E-state index contributed by atoms with van der Waals surface area (Å²) < 4.78 is 6.44. The first-order valence-electron chi connectivity index (χ1n) is 11.0. The first kappa shape index (κ1) is 22.0. The van der Waals surface area contributed by atoms with Gasteiger partial charge in [-0.3, -0.25) is 14.4 Å². The van der Waals surface area contributed by atoms with E-state index in [2.05, 4.69) is 12.0 Å². The van der Waals surface area contributed by atoms with Crippen LogP contribution in [0.3, 0.4) is 0 Å². The van der Waals surface area contributed by atoms with Crippen molar-refractivity contribution in [3.05, 3.63) is 40.3 Å². The van der Waals surface area contributed by atoms with Gasteiger partial charge in [-0.15, -0.1) is 0 Å². The summed E-state index contributed by atoms with van der Waals surface area (Å²) in [7, 11) is 0. The standard InChI is InChI=1S/C23H31N3O4/c1-3-5-8-14-26-22(28)19-10-7-6-9-18(19)21(24-26)23(29)25(16-17-11-12-17)15-13-20(27)30-4-2/h6-7,9-10,17H,3-5,8,11-16H2,1-2H3. The molecule has 1 amide bonds. The highest BCUT2D eigenvalue weighted by Gasteiger charge is 2.29. The minimum absolute atomic E-state index is 0.153. The Balaban J connectivity index is 1.92. The normalized spacial score (nSPS) is 13.4. The molecule has 1 aliphatic carbocycles. The van der Waals surface area contributed by atoms with Gasteiger partial charge in [0.05, 0.1) is 18.4 Å². The Kier molecular flexibility index (Phi) is 7.60. The van der Waals surface area contributed by atoms with E-state index in [9.17, 15) is 14.4 Å². The van der Waals surface area contributed by atoms with Crippen LogP contribution in [0.4, 0.5) is 0 Å². The van der Waals surface area contributed by atoms with Crippen molar-refractivity contribution < 1.29 is 14.3 Å². The molecule has 30 heavy (non-hydrogen) atoms. The molecule has 2 aromatic rings. The molecule has 0 saturated heterocycles. The molecule has 0 bridgehead atoms. The molecule has 1 aromatic carbocycles. The average molecular weight is 414 g/mol. The number of unbranched alkanes of at least 4 members (excludes halogenated alkanes) is 2. The number of carbonyl (C=O) groups is 2. The number of hydrogen-bond donors (Lipinski definition) is 0. The molecule has 0 aliphatic heterocycles. The van der Waals surface area contributed by atoms with E-state index < -0.39 is 0 Å². The van der Waals surface area contributed by atoms with Gasteiger partial charge in [0.1, 0.15) is 0 Å². The van der Waals surface area contributed by atoms with Crippen LogP contribution in [0.1, 0.15) is 62.9 Å². The monoisotopic (exact) mass is 413 g/mol. The SMILES string of the molecule is CCCCCn1nc(C(=O)N(CCC(=O)OCC)CC2CC2)c2ccccc2c1=O. The van der Waals surface area contributed by atoms with Crippen LogP contribution in [0.15, 0.2) is 29.1 Å². The maximum atomic E-state index is 13.5. The predicted molar refractivity (Wildman–Crippen MR) is 115 cm³/mol. The predicted octanol–water partition coefficient (Wildman–Crippen LogP) is 3.39. The maximum Gasteiger partial charge on any atom is 0.307 e. The Bertz CT molecular complexity index is 949. The number of fused-ring (bicyclic) bond motifs is 1. The minimum atomic E-state index is -0.312. The number of carbonyl (C=O) groups excluding carboxylic acids is 2. The third-order valence-electron chi connectivity index (χ3n) is 5.40. The summed E-state index contributed by atoms with van der Waals surface area (Å²) in [6.45, 7) is 5.57. The molecule has 0 radical (unpaired) electrons. The molecule has 1 saturated carbocycles. The minimum Gasteiger partial charge on any atom is -0.466 e. The van der Waals surface area contributed by atoms with Gasteiger partial charge in [0.15, 0.2) is 5.69 Å². The fourth-order valence-corrected chi connectivity index (χ4v) is 3.55. The van der Waals surface area contributed by atoms with Crippen LogP contribution >= 0.6 is 0 Å². The smallest absolute Gasteiger partial charge is 0.307 e. The van der Waals surface area contributed by atoms with E-state index in [-0.39, 0.29) is 29.6 Å². The van der Waals surface area contributed by atoms with Crippen molar-refractivity contribution in [1.82, 2.24) is 14.7 Å². The Morgan fingerprint density at radius 3 is 2.57 bits per heavy atom. The van der Waals surface area contributed by atoms with E-state index in [1.54, 1.807) is 30.0 Å². The molecule has 0 atom stereocenters. The second-order valence-corrected chi connectivity index (χ2v) is 7.88. The van der Waals surface area contributed by atoms with E-state index in [1.807, 2.05) is 6.07 Å². The van der Waals surface area contributed by atoms with E-state index >= 15 is 0 Å². The van der Waals surface area contributed by atoms with Gasteiger partial charge in [-0.2, -0.15) is 5.10 Å². The van der Waals surface area contributed by atoms with Crippen LogP contribution in [-0.4, -0.2) is 46.3 Å². The molecule has 3 rings (SSSR count). The molecule has 0 unspecified atom stereocenters. The summed E-state index contributed by atoms with van der Waals surface area (Å²) in [4.78, 5) is 39.9. The Labute approximate surface area is 177 Å². The lowest BCUT2D eigenvalue weighted by atomic mass is 10.1. The van der Waals surface area contributed by atoms with Gasteiger partial charge in [-0.05, 0) is 38.2 Å². The molecule has 1 aliphatic rings. The number of aromatic nitrogens is 2. The van der Waals surface area contributed by atoms with E-state index in [0.717, 1.165) is 32.1 Å². The van der Waals surface area contributed by atoms with Gasteiger partial charge in [0, 0.05) is 25.0 Å². The van der Waals surface area contributed by atoms with Crippen molar-refractivity contribution in [1.29, 1.82) is 0 Å².